The lowest BCUT2D eigenvalue weighted by atomic mass is 10.1. The largest absolute Gasteiger partial charge is 0.368 e. The Morgan fingerprint density at radius 3 is 2.67 bits per heavy atom. The molecule has 0 unspecified atom stereocenters. The molecule has 1 aromatic heterocycles. The Morgan fingerprint density at radius 2 is 2.00 bits per heavy atom. The molecule has 2 N–H and O–H groups in total. The molecule has 1 aromatic carbocycles. The fourth-order valence-corrected chi connectivity index (χ4v) is 4.67. The molecule has 1 saturated carbocycles. The number of nitrogens with zero attached hydrogens (tertiary/aromatic N) is 2. The molecule has 0 radical (unpaired) electrons. The number of hydrogen-bond acceptors (Lipinski definition) is 4. The molecular formula is C17H16BrN3O2S. The smallest absolute Gasteiger partial charge is 0.274 e. The summed E-state index contributed by atoms with van der Waals surface area (Å²) in [5.74, 6) is -0.180. The van der Waals surface area contributed by atoms with E-state index in [-0.39, 0.29) is 11.9 Å². The van der Waals surface area contributed by atoms with Gasteiger partial charge in [-0.15, -0.1) is 11.3 Å². The lowest BCUT2D eigenvalue weighted by Gasteiger charge is -2.24. The minimum atomic E-state index is -0.499. The Labute approximate surface area is 152 Å². The van der Waals surface area contributed by atoms with Gasteiger partial charge in [0.15, 0.2) is 0 Å². The maximum absolute atomic E-state index is 13.1. The van der Waals surface area contributed by atoms with Gasteiger partial charge in [-0.3, -0.25) is 9.59 Å². The number of rotatable bonds is 3. The van der Waals surface area contributed by atoms with E-state index in [1.165, 1.54) is 11.3 Å². The van der Waals surface area contributed by atoms with Crippen molar-refractivity contribution in [3.8, 4) is 10.4 Å². The second-order valence-corrected chi connectivity index (χ2v) is 8.47. The van der Waals surface area contributed by atoms with E-state index in [1.807, 2.05) is 31.2 Å². The van der Waals surface area contributed by atoms with E-state index >= 15 is 0 Å². The van der Waals surface area contributed by atoms with Crippen molar-refractivity contribution in [1.82, 2.24) is 9.88 Å². The van der Waals surface area contributed by atoms with Gasteiger partial charge in [-0.1, -0.05) is 28.1 Å². The SMILES string of the molecule is Cc1nc(C(=O)N2[C@H](C(N)=O)C[C@@H]3C[C@@H]32)c(-c2ccc(Br)cc2)s1. The van der Waals surface area contributed by atoms with Crippen LogP contribution in [-0.4, -0.2) is 33.8 Å². The van der Waals surface area contributed by atoms with Gasteiger partial charge in [0.25, 0.3) is 5.91 Å². The summed E-state index contributed by atoms with van der Waals surface area (Å²) < 4.78 is 0.981. The van der Waals surface area contributed by atoms with Crippen LogP contribution in [0.15, 0.2) is 28.7 Å². The molecule has 4 rings (SSSR count). The number of nitrogens with two attached hydrogens (primary N) is 1. The van der Waals surface area contributed by atoms with Gasteiger partial charge in [0, 0.05) is 10.5 Å². The van der Waals surface area contributed by atoms with Crippen LogP contribution in [0.25, 0.3) is 10.4 Å². The molecule has 2 amide bonds. The zero-order valence-electron chi connectivity index (χ0n) is 13.0. The molecule has 124 valence electrons. The highest BCUT2D eigenvalue weighted by Crippen LogP contribution is 2.48. The fraction of sp³-hybridized carbons (Fsp3) is 0.353. The van der Waals surface area contributed by atoms with Gasteiger partial charge >= 0.3 is 0 Å². The summed E-state index contributed by atoms with van der Waals surface area (Å²) in [4.78, 5) is 31.8. The summed E-state index contributed by atoms with van der Waals surface area (Å²) in [6.07, 6.45) is 1.65. The number of carbonyl (C=O) groups is 2. The standard InChI is InChI=1S/C17H16BrN3O2S/c1-8-20-14(15(24-8)9-2-4-11(18)5-3-9)17(23)21-12-6-10(12)7-13(21)16(19)22/h2-5,10,12-13H,6-7H2,1H3,(H2,19,22)/t10-,12-,13-/m0/s1. The number of piperidine rings is 1. The third-order valence-electron chi connectivity index (χ3n) is 4.71. The van der Waals surface area contributed by atoms with Crippen molar-refractivity contribution in [1.29, 1.82) is 0 Å². The molecule has 0 spiro atoms. The summed E-state index contributed by atoms with van der Waals surface area (Å²) in [5.41, 5.74) is 6.88. The van der Waals surface area contributed by atoms with E-state index in [0.717, 1.165) is 26.3 Å². The average Bonchev–Trinajstić information content (AvgIpc) is 3.03. The molecule has 2 heterocycles. The molecule has 0 bridgehead atoms. The molecule has 24 heavy (non-hydrogen) atoms. The third kappa shape index (κ3) is 2.56. The van der Waals surface area contributed by atoms with E-state index in [0.29, 0.717) is 18.0 Å². The number of thiazole rings is 1. The van der Waals surface area contributed by atoms with Gasteiger partial charge in [-0.05, 0) is 43.4 Å². The molecular weight excluding hydrogens is 390 g/mol. The highest BCUT2D eigenvalue weighted by atomic mass is 79.9. The molecule has 2 aromatic rings. The van der Waals surface area contributed by atoms with Crippen LogP contribution in [-0.2, 0) is 4.79 Å². The highest BCUT2D eigenvalue weighted by Gasteiger charge is 2.56. The number of benzene rings is 1. The summed E-state index contributed by atoms with van der Waals surface area (Å²) in [6, 6.07) is 7.46. The number of aromatic nitrogens is 1. The molecule has 5 nitrogen and oxygen atoms in total. The molecule has 3 atom stereocenters. The first-order chi connectivity index (χ1) is 11.5. The summed E-state index contributed by atoms with van der Waals surface area (Å²) >= 11 is 4.92. The van der Waals surface area contributed by atoms with Crippen LogP contribution < -0.4 is 5.73 Å². The van der Waals surface area contributed by atoms with Gasteiger partial charge < -0.3 is 10.6 Å². The van der Waals surface area contributed by atoms with Crippen LogP contribution in [0.5, 0.6) is 0 Å². The predicted molar refractivity (Wildman–Crippen MR) is 95.7 cm³/mol. The molecule has 7 heteroatoms. The van der Waals surface area contributed by atoms with Crippen molar-refractivity contribution in [2.45, 2.75) is 31.8 Å². The van der Waals surface area contributed by atoms with E-state index in [1.54, 1.807) is 4.90 Å². The maximum Gasteiger partial charge on any atom is 0.274 e. The Kier molecular flexibility index (Phi) is 3.73. The first-order valence-electron chi connectivity index (χ1n) is 7.81. The number of amides is 2. The van der Waals surface area contributed by atoms with Gasteiger partial charge in [0.1, 0.15) is 11.7 Å². The Balaban J connectivity index is 1.73. The zero-order chi connectivity index (χ0) is 17.0. The molecule has 2 fully saturated rings. The van der Waals surface area contributed by atoms with Gasteiger partial charge in [0.2, 0.25) is 5.91 Å². The number of aryl methyl sites for hydroxylation is 1. The monoisotopic (exact) mass is 405 g/mol. The zero-order valence-corrected chi connectivity index (χ0v) is 15.4. The van der Waals surface area contributed by atoms with Crippen molar-refractivity contribution in [2.75, 3.05) is 0 Å². The summed E-state index contributed by atoms with van der Waals surface area (Å²) in [7, 11) is 0. The first-order valence-corrected chi connectivity index (χ1v) is 9.42. The van der Waals surface area contributed by atoms with Crippen molar-refractivity contribution in [2.24, 2.45) is 11.7 Å². The maximum atomic E-state index is 13.1. The van der Waals surface area contributed by atoms with Crippen LogP contribution in [0.2, 0.25) is 0 Å². The Bertz CT molecular complexity index is 833. The molecule has 1 aliphatic heterocycles. The number of likely N-dealkylation sites (tertiary alicyclic amines) is 1. The first kappa shape index (κ1) is 15.8. The third-order valence-corrected chi connectivity index (χ3v) is 6.26. The lowest BCUT2D eigenvalue weighted by Crippen LogP contribution is -2.46. The van der Waals surface area contributed by atoms with E-state index in [2.05, 4.69) is 20.9 Å². The van der Waals surface area contributed by atoms with Crippen LogP contribution in [0, 0.1) is 12.8 Å². The van der Waals surface area contributed by atoms with Crippen molar-refractivity contribution >= 4 is 39.1 Å². The molecule has 1 aliphatic carbocycles. The van der Waals surface area contributed by atoms with Gasteiger partial charge in [0.05, 0.1) is 9.88 Å². The minimum Gasteiger partial charge on any atom is -0.368 e. The lowest BCUT2D eigenvalue weighted by molar-refractivity contribution is -0.122. The van der Waals surface area contributed by atoms with Gasteiger partial charge in [-0.2, -0.15) is 0 Å². The molecule has 1 saturated heterocycles. The second kappa shape index (κ2) is 5.67. The summed E-state index contributed by atoms with van der Waals surface area (Å²) in [6.45, 7) is 1.89. The number of carbonyl (C=O) groups excluding carboxylic acids is 2. The summed E-state index contributed by atoms with van der Waals surface area (Å²) in [5, 5.41) is 0.832. The Morgan fingerprint density at radius 1 is 1.29 bits per heavy atom. The number of halogens is 1. The predicted octanol–water partition coefficient (Wildman–Crippen LogP) is 2.97. The van der Waals surface area contributed by atoms with Crippen LogP contribution >= 0.6 is 27.3 Å². The number of primary amides is 1. The normalized spacial score (nSPS) is 24.8. The molecule has 2 aliphatic rings. The van der Waals surface area contributed by atoms with E-state index < -0.39 is 11.9 Å². The van der Waals surface area contributed by atoms with Crippen molar-refractivity contribution in [3.05, 3.63) is 39.4 Å². The topological polar surface area (TPSA) is 76.3 Å². The van der Waals surface area contributed by atoms with E-state index in [9.17, 15) is 9.59 Å². The highest BCUT2D eigenvalue weighted by molar-refractivity contribution is 9.10. The second-order valence-electron chi connectivity index (χ2n) is 6.35. The van der Waals surface area contributed by atoms with Crippen molar-refractivity contribution in [3.63, 3.8) is 0 Å². The van der Waals surface area contributed by atoms with Crippen LogP contribution in [0.3, 0.4) is 0 Å². The quantitative estimate of drug-likeness (QED) is 0.852. The van der Waals surface area contributed by atoms with Crippen LogP contribution in [0.4, 0.5) is 0 Å². The van der Waals surface area contributed by atoms with Crippen LogP contribution in [0.1, 0.15) is 28.3 Å². The number of fused-ring (bicyclic) bond motifs is 1. The number of hydrogen-bond donors (Lipinski definition) is 1. The Hall–Kier alpha value is -1.73. The van der Waals surface area contributed by atoms with Crippen molar-refractivity contribution < 1.29 is 9.59 Å². The van der Waals surface area contributed by atoms with E-state index in [4.69, 9.17) is 5.73 Å². The minimum absolute atomic E-state index is 0.148. The van der Waals surface area contributed by atoms with Gasteiger partial charge in [-0.25, -0.2) is 4.98 Å². The fourth-order valence-electron chi connectivity index (χ4n) is 3.49. The average molecular weight is 406 g/mol.